The summed E-state index contributed by atoms with van der Waals surface area (Å²) in [6.45, 7) is 0. The van der Waals surface area contributed by atoms with Crippen molar-refractivity contribution in [2.45, 2.75) is 0 Å². The molecule has 0 fully saturated rings. The van der Waals surface area contributed by atoms with Crippen LogP contribution < -0.4 is 0 Å². The zero-order valence-electron chi connectivity index (χ0n) is 11.4. The van der Waals surface area contributed by atoms with Crippen LogP contribution in [0.5, 0.6) is 5.75 Å². The van der Waals surface area contributed by atoms with Crippen LogP contribution in [0.15, 0.2) is 54.6 Å². The Morgan fingerprint density at radius 3 is 2.10 bits per heavy atom. The van der Waals surface area contributed by atoms with E-state index in [9.17, 15) is 14.7 Å². The minimum Gasteiger partial charge on any atom is -0.508 e. The van der Waals surface area contributed by atoms with Gasteiger partial charge >= 0.3 is 5.97 Å². The molecule has 21 heavy (non-hydrogen) atoms. The monoisotopic (exact) mass is 282 g/mol. The van der Waals surface area contributed by atoms with E-state index in [0.29, 0.717) is 11.1 Å². The highest BCUT2D eigenvalue weighted by molar-refractivity contribution is 6.06. The molecule has 0 bridgehead atoms. The molecule has 2 aromatic rings. The predicted molar refractivity (Wildman–Crippen MR) is 79.3 cm³/mol. The quantitative estimate of drug-likeness (QED) is 0.532. The fourth-order valence-electron chi connectivity index (χ4n) is 1.74. The molecule has 0 aliphatic heterocycles. The molecule has 0 heterocycles. The van der Waals surface area contributed by atoms with E-state index in [2.05, 4.69) is 4.74 Å². The molecule has 106 valence electrons. The lowest BCUT2D eigenvalue weighted by Crippen LogP contribution is -2.00. The van der Waals surface area contributed by atoms with Crippen molar-refractivity contribution in [1.29, 1.82) is 0 Å². The molecule has 0 amide bonds. The topological polar surface area (TPSA) is 63.6 Å². The molecule has 2 rings (SSSR count). The van der Waals surface area contributed by atoms with Crippen molar-refractivity contribution in [3.8, 4) is 5.75 Å². The first-order valence-corrected chi connectivity index (χ1v) is 6.30. The summed E-state index contributed by atoms with van der Waals surface area (Å²) in [6.07, 6.45) is 3.11. The van der Waals surface area contributed by atoms with Gasteiger partial charge in [-0.3, -0.25) is 4.79 Å². The molecule has 0 aliphatic rings. The molecular formula is C17H14O4. The summed E-state index contributed by atoms with van der Waals surface area (Å²) in [5.74, 6) is -0.438. The molecule has 0 radical (unpaired) electrons. The predicted octanol–water partition coefficient (Wildman–Crippen LogP) is 3.07. The maximum atomic E-state index is 11.9. The molecular weight excluding hydrogens is 268 g/mol. The maximum absolute atomic E-state index is 11.9. The van der Waals surface area contributed by atoms with Gasteiger partial charge in [-0.15, -0.1) is 0 Å². The molecule has 0 aliphatic carbocycles. The van der Waals surface area contributed by atoms with Crippen LogP contribution in [0.4, 0.5) is 0 Å². The van der Waals surface area contributed by atoms with Crippen molar-refractivity contribution < 1.29 is 19.4 Å². The van der Waals surface area contributed by atoms with Crippen molar-refractivity contribution in [3.05, 3.63) is 71.3 Å². The second-order valence-corrected chi connectivity index (χ2v) is 4.36. The van der Waals surface area contributed by atoms with Crippen molar-refractivity contribution in [1.82, 2.24) is 0 Å². The van der Waals surface area contributed by atoms with Gasteiger partial charge in [-0.1, -0.05) is 18.2 Å². The first-order valence-electron chi connectivity index (χ1n) is 6.30. The number of ketones is 1. The van der Waals surface area contributed by atoms with E-state index >= 15 is 0 Å². The fourth-order valence-corrected chi connectivity index (χ4v) is 1.74. The van der Waals surface area contributed by atoms with E-state index < -0.39 is 5.97 Å². The normalized spacial score (nSPS) is 10.5. The highest BCUT2D eigenvalue weighted by Crippen LogP contribution is 2.12. The van der Waals surface area contributed by atoms with E-state index in [4.69, 9.17) is 0 Å². The van der Waals surface area contributed by atoms with Gasteiger partial charge in [-0.05, 0) is 48.0 Å². The lowest BCUT2D eigenvalue weighted by Gasteiger charge is -1.99. The standard InChI is InChI=1S/C17H14O4/c1-21-17(20)14-5-2-12(3-6-14)4-11-16(19)13-7-9-15(18)10-8-13/h2-11,18H,1H3. The third-order valence-corrected chi connectivity index (χ3v) is 2.91. The molecule has 4 heteroatoms. The average molecular weight is 282 g/mol. The number of hydrogen-bond acceptors (Lipinski definition) is 4. The Labute approximate surface area is 122 Å². The van der Waals surface area contributed by atoms with Crippen LogP contribution in [-0.2, 0) is 4.74 Å². The average Bonchev–Trinajstić information content (AvgIpc) is 2.53. The number of phenolic OH excluding ortho intramolecular Hbond substituents is 1. The number of rotatable bonds is 4. The summed E-state index contributed by atoms with van der Waals surface area (Å²) in [5, 5.41) is 9.17. The Balaban J connectivity index is 2.08. The van der Waals surface area contributed by atoms with Gasteiger partial charge in [0.15, 0.2) is 5.78 Å². The number of esters is 1. The molecule has 1 N–H and O–H groups in total. The second kappa shape index (κ2) is 6.52. The Bertz CT molecular complexity index is 667. The van der Waals surface area contributed by atoms with Gasteiger partial charge in [0, 0.05) is 5.56 Å². The zero-order chi connectivity index (χ0) is 15.2. The fraction of sp³-hybridized carbons (Fsp3) is 0.0588. The van der Waals surface area contributed by atoms with E-state index in [-0.39, 0.29) is 11.5 Å². The number of benzene rings is 2. The van der Waals surface area contributed by atoms with Gasteiger partial charge in [-0.2, -0.15) is 0 Å². The molecule has 0 saturated heterocycles. The van der Waals surface area contributed by atoms with Crippen LogP contribution >= 0.6 is 0 Å². The van der Waals surface area contributed by atoms with Crippen LogP contribution in [0.25, 0.3) is 6.08 Å². The van der Waals surface area contributed by atoms with Gasteiger partial charge < -0.3 is 9.84 Å². The summed E-state index contributed by atoms with van der Waals surface area (Å²) < 4.78 is 4.61. The molecule has 0 unspecified atom stereocenters. The van der Waals surface area contributed by atoms with E-state index in [1.807, 2.05) is 0 Å². The second-order valence-electron chi connectivity index (χ2n) is 4.36. The van der Waals surface area contributed by atoms with E-state index in [1.54, 1.807) is 42.5 Å². The largest absolute Gasteiger partial charge is 0.508 e. The van der Waals surface area contributed by atoms with Crippen molar-refractivity contribution in [3.63, 3.8) is 0 Å². The van der Waals surface area contributed by atoms with Gasteiger partial charge in [-0.25, -0.2) is 4.79 Å². The van der Waals surface area contributed by atoms with Gasteiger partial charge in [0.1, 0.15) is 5.75 Å². The summed E-state index contributed by atoms with van der Waals surface area (Å²) in [7, 11) is 1.33. The van der Waals surface area contributed by atoms with Gasteiger partial charge in [0.25, 0.3) is 0 Å². The Morgan fingerprint density at radius 1 is 0.952 bits per heavy atom. The molecule has 0 saturated carbocycles. The van der Waals surface area contributed by atoms with Crippen LogP contribution in [0.2, 0.25) is 0 Å². The summed E-state index contributed by atoms with van der Waals surface area (Å²) in [4.78, 5) is 23.2. The Kier molecular flexibility index (Phi) is 4.51. The zero-order valence-corrected chi connectivity index (χ0v) is 11.4. The third-order valence-electron chi connectivity index (χ3n) is 2.91. The molecule has 2 aromatic carbocycles. The van der Waals surface area contributed by atoms with E-state index in [0.717, 1.165) is 5.56 Å². The van der Waals surface area contributed by atoms with Crippen LogP contribution in [0.3, 0.4) is 0 Å². The Hall–Kier alpha value is -2.88. The number of methoxy groups -OCH3 is 1. The SMILES string of the molecule is COC(=O)c1ccc(C=CC(=O)c2ccc(O)cc2)cc1. The van der Waals surface area contributed by atoms with Crippen LogP contribution in [0.1, 0.15) is 26.3 Å². The smallest absolute Gasteiger partial charge is 0.337 e. The molecule has 4 nitrogen and oxygen atoms in total. The summed E-state index contributed by atoms with van der Waals surface area (Å²) in [5.41, 5.74) is 1.75. The number of carbonyl (C=O) groups is 2. The minimum absolute atomic E-state index is 0.119. The highest BCUT2D eigenvalue weighted by atomic mass is 16.5. The lowest BCUT2D eigenvalue weighted by molar-refractivity contribution is 0.0600. The number of aromatic hydroxyl groups is 1. The van der Waals surface area contributed by atoms with Gasteiger partial charge in [0.2, 0.25) is 0 Å². The molecule has 0 aromatic heterocycles. The Morgan fingerprint density at radius 2 is 1.52 bits per heavy atom. The van der Waals surface area contributed by atoms with Crippen molar-refractivity contribution in [2.75, 3.05) is 7.11 Å². The third kappa shape index (κ3) is 3.79. The number of carbonyl (C=O) groups excluding carboxylic acids is 2. The summed E-state index contributed by atoms with van der Waals surface area (Å²) in [6, 6.07) is 12.8. The maximum Gasteiger partial charge on any atom is 0.337 e. The molecule has 0 atom stereocenters. The number of phenols is 1. The minimum atomic E-state index is -0.398. The number of allylic oxidation sites excluding steroid dienone is 1. The summed E-state index contributed by atoms with van der Waals surface area (Å²) >= 11 is 0. The first-order chi connectivity index (χ1) is 10.1. The lowest BCUT2D eigenvalue weighted by atomic mass is 10.1. The number of ether oxygens (including phenoxy) is 1. The van der Waals surface area contributed by atoms with Gasteiger partial charge in [0.05, 0.1) is 12.7 Å². The number of hydrogen-bond donors (Lipinski definition) is 1. The van der Waals surface area contributed by atoms with Crippen molar-refractivity contribution >= 4 is 17.8 Å². The van der Waals surface area contributed by atoms with Crippen LogP contribution in [-0.4, -0.2) is 24.0 Å². The molecule has 0 spiro atoms. The van der Waals surface area contributed by atoms with Crippen LogP contribution in [0, 0.1) is 0 Å². The highest BCUT2D eigenvalue weighted by Gasteiger charge is 2.04. The first kappa shape index (κ1) is 14.5. The van der Waals surface area contributed by atoms with E-state index in [1.165, 1.54) is 25.3 Å². The van der Waals surface area contributed by atoms with Crippen molar-refractivity contribution in [2.24, 2.45) is 0 Å².